The van der Waals surface area contributed by atoms with Crippen LogP contribution in [0.25, 0.3) is 0 Å². The van der Waals surface area contributed by atoms with Crippen LogP contribution in [0.15, 0.2) is 66.7 Å². The monoisotopic (exact) mass is 433 g/mol. The van der Waals surface area contributed by atoms with Crippen molar-refractivity contribution in [1.29, 1.82) is 0 Å². The van der Waals surface area contributed by atoms with E-state index in [4.69, 9.17) is 23.2 Å². The van der Waals surface area contributed by atoms with Gasteiger partial charge in [0.2, 0.25) is 0 Å². The van der Waals surface area contributed by atoms with E-state index < -0.39 is 5.92 Å². The van der Waals surface area contributed by atoms with Crippen LogP contribution in [0.1, 0.15) is 33.5 Å². The summed E-state index contributed by atoms with van der Waals surface area (Å²) in [6.07, 6.45) is -0.223. The fraction of sp³-hybridized carbons (Fsp3) is 0.174. The summed E-state index contributed by atoms with van der Waals surface area (Å²) in [7, 11) is 0. The quantitative estimate of drug-likeness (QED) is 0.434. The lowest BCUT2D eigenvalue weighted by Crippen LogP contribution is -2.16. The molecule has 0 aromatic heterocycles. The van der Waals surface area contributed by atoms with Crippen molar-refractivity contribution < 1.29 is 13.6 Å². The number of halogens is 4. The van der Waals surface area contributed by atoms with E-state index in [9.17, 15) is 13.6 Å². The molecule has 3 rings (SSSR count). The van der Waals surface area contributed by atoms with E-state index in [0.29, 0.717) is 26.9 Å². The maximum atomic E-state index is 14.6. The third-order valence-corrected chi connectivity index (χ3v) is 5.41. The zero-order valence-electron chi connectivity index (χ0n) is 15.7. The summed E-state index contributed by atoms with van der Waals surface area (Å²) in [5.74, 6) is -3.37. The molecule has 0 saturated heterocycles. The summed E-state index contributed by atoms with van der Waals surface area (Å²) < 4.78 is 29.2. The van der Waals surface area contributed by atoms with Crippen molar-refractivity contribution in [2.24, 2.45) is 0 Å². The topological polar surface area (TPSA) is 29.1 Å². The number of nitrogens with one attached hydrogen (secondary N) is 1. The molecule has 0 unspecified atom stereocenters. The van der Waals surface area contributed by atoms with E-state index in [-0.39, 0.29) is 24.3 Å². The molecule has 0 aliphatic carbocycles. The largest absolute Gasteiger partial charge is 0.322 e. The lowest BCUT2D eigenvalue weighted by molar-refractivity contribution is -0.0130. The fourth-order valence-electron chi connectivity index (χ4n) is 2.91. The van der Waals surface area contributed by atoms with E-state index in [1.165, 1.54) is 24.3 Å². The summed E-state index contributed by atoms with van der Waals surface area (Å²) in [6.45, 7) is 1.88. The highest BCUT2D eigenvalue weighted by atomic mass is 35.5. The van der Waals surface area contributed by atoms with Gasteiger partial charge < -0.3 is 5.32 Å². The van der Waals surface area contributed by atoms with Crippen molar-refractivity contribution in [1.82, 2.24) is 0 Å². The van der Waals surface area contributed by atoms with E-state index in [2.05, 4.69) is 5.32 Å². The molecule has 0 radical (unpaired) electrons. The molecule has 1 N–H and O–H groups in total. The summed E-state index contributed by atoms with van der Waals surface area (Å²) in [6, 6.07) is 17.7. The molecule has 0 fully saturated rings. The van der Waals surface area contributed by atoms with Crippen LogP contribution < -0.4 is 5.32 Å². The number of aryl methyl sites for hydroxylation is 2. The Morgan fingerprint density at radius 3 is 2.31 bits per heavy atom. The molecule has 0 saturated carbocycles. The second kappa shape index (κ2) is 8.93. The smallest absolute Gasteiger partial charge is 0.273 e. The number of hydrogen-bond donors (Lipinski definition) is 1. The zero-order chi connectivity index (χ0) is 21.0. The molecule has 0 heterocycles. The summed E-state index contributed by atoms with van der Waals surface area (Å²) in [5, 5.41) is 3.53. The third-order valence-electron chi connectivity index (χ3n) is 4.67. The molecule has 0 aliphatic rings. The summed E-state index contributed by atoms with van der Waals surface area (Å²) >= 11 is 11.8. The first-order valence-corrected chi connectivity index (χ1v) is 9.81. The molecule has 2 nitrogen and oxygen atoms in total. The van der Waals surface area contributed by atoms with Crippen LogP contribution in [-0.4, -0.2) is 5.91 Å². The van der Waals surface area contributed by atoms with Gasteiger partial charge >= 0.3 is 0 Å². The van der Waals surface area contributed by atoms with Gasteiger partial charge in [-0.3, -0.25) is 4.79 Å². The number of amides is 1. The number of rotatable bonds is 6. The first-order valence-electron chi connectivity index (χ1n) is 9.05. The van der Waals surface area contributed by atoms with Gasteiger partial charge in [0.25, 0.3) is 11.8 Å². The predicted octanol–water partition coefficient (Wildman–Crippen LogP) is 7.28. The van der Waals surface area contributed by atoms with Crippen molar-refractivity contribution in [3.63, 3.8) is 0 Å². The van der Waals surface area contributed by atoms with Crippen LogP contribution in [0.4, 0.5) is 14.5 Å². The van der Waals surface area contributed by atoms with Gasteiger partial charge in [-0.1, -0.05) is 59.6 Å². The van der Waals surface area contributed by atoms with E-state index in [0.717, 1.165) is 5.56 Å². The Balaban J connectivity index is 1.66. The van der Waals surface area contributed by atoms with Crippen LogP contribution in [0.2, 0.25) is 10.0 Å². The third kappa shape index (κ3) is 5.34. The minimum absolute atomic E-state index is 0.134. The van der Waals surface area contributed by atoms with Gasteiger partial charge in [0.1, 0.15) is 0 Å². The highest BCUT2D eigenvalue weighted by Gasteiger charge is 2.31. The second-order valence-electron chi connectivity index (χ2n) is 6.80. The average Bonchev–Trinajstić information content (AvgIpc) is 2.71. The first kappa shape index (κ1) is 21.3. The van der Waals surface area contributed by atoms with Crippen LogP contribution >= 0.6 is 23.2 Å². The first-order chi connectivity index (χ1) is 13.8. The fourth-order valence-corrected chi connectivity index (χ4v) is 3.23. The van der Waals surface area contributed by atoms with Crippen molar-refractivity contribution in [2.75, 3.05) is 5.32 Å². The normalized spacial score (nSPS) is 11.3. The molecule has 3 aromatic carbocycles. The Kier molecular flexibility index (Phi) is 6.56. The molecular formula is C23H19Cl2F2NO. The number of alkyl halides is 2. The lowest BCUT2D eigenvalue weighted by atomic mass is 9.99. The number of carbonyl (C=O) groups is 1. The van der Waals surface area contributed by atoms with Crippen molar-refractivity contribution >= 4 is 34.8 Å². The van der Waals surface area contributed by atoms with E-state index in [1.807, 2.05) is 25.1 Å². The highest BCUT2D eigenvalue weighted by molar-refractivity contribution is 6.42. The molecule has 0 spiro atoms. The number of carbonyl (C=O) groups excluding carboxylic acids is 1. The lowest BCUT2D eigenvalue weighted by Gasteiger charge is -2.17. The average molecular weight is 434 g/mol. The standard InChI is InChI=1S/C23H19Cl2F2NO/c1-15-4-2-3-5-21(15)28-22(29)17-7-9-18(10-8-17)23(26,27)13-12-16-6-11-19(24)20(25)14-16/h2-11,14H,12-13H2,1H3,(H,28,29). The van der Waals surface area contributed by atoms with Crippen LogP contribution in [0.3, 0.4) is 0 Å². The maximum Gasteiger partial charge on any atom is 0.273 e. The Bertz CT molecular complexity index is 1020. The number of anilines is 1. The molecule has 0 atom stereocenters. The van der Waals surface area contributed by atoms with E-state index >= 15 is 0 Å². The van der Waals surface area contributed by atoms with Crippen LogP contribution in [0, 0.1) is 6.92 Å². The Morgan fingerprint density at radius 1 is 0.966 bits per heavy atom. The van der Waals surface area contributed by atoms with Crippen LogP contribution in [0.5, 0.6) is 0 Å². The van der Waals surface area contributed by atoms with Gasteiger partial charge in [-0.2, -0.15) is 0 Å². The van der Waals surface area contributed by atoms with Gasteiger partial charge in [-0.25, -0.2) is 8.78 Å². The van der Waals surface area contributed by atoms with Gasteiger partial charge in [0.05, 0.1) is 10.0 Å². The number of benzene rings is 3. The minimum Gasteiger partial charge on any atom is -0.322 e. The molecule has 6 heteroatoms. The molecular weight excluding hydrogens is 415 g/mol. The number of hydrogen-bond acceptors (Lipinski definition) is 1. The highest BCUT2D eigenvalue weighted by Crippen LogP contribution is 2.34. The zero-order valence-corrected chi connectivity index (χ0v) is 17.2. The molecule has 150 valence electrons. The summed E-state index contributed by atoms with van der Waals surface area (Å²) in [5.41, 5.74) is 2.48. The Hall–Kier alpha value is -2.43. The van der Waals surface area contributed by atoms with Crippen molar-refractivity contribution in [3.05, 3.63) is 99.0 Å². The number of para-hydroxylation sites is 1. The molecule has 29 heavy (non-hydrogen) atoms. The van der Waals surface area contributed by atoms with Gasteiger partial charge in [-0.05, 0) is 54.8 Å². The predicted molar refractivity (Wildman–Crippen MR) is 114 cm³/mol. The molecule has 0 aliphatic heterocycles. The second-order valence-corrected chi connectivity index (χ2v) is 7.61. The maximum absolute atomic E-state index is 14.6. The van der Waals surface area contributed by atoms with E-state index in [1.54, 1.807) is 24.3 Å². The van der Waals surface area contributed by atoms with Crippen LogP contribution in [-0.2, 0) is 12.3 Å². The Morgan fingerprint density at radius 2 is 1.66 bits per heavy atom. The SMILES string of the molecule is Cc1ccccc1NC(=O)c1ccc(C(F)(F)CCc2ccc(Cl)c(Cl)c2)cc1. The molecule has 0 bridgehead atoms. The van der Waals surface area contributed by atoms with Gasteiger partial charge in [0.15, 0.2) is 0 Å². The van der Waals surface area contributed by atoms with Crippen molar-refractivity contribution in [2.45, 2.75) is 25.7 Å². The Labute approximate surface area is 178 Å². The van der Waals surface area contributed by atoms with Crippen molar-refractivity contribution in [3.8, 4) is 0 Å². The molecule has 1 amide bonds. The van der Waals surface area contributed by atoms with Gasteiger partial charge in [-0.15, -0.1) is 0 Å². The molecule has 3 aromatic rings. The minimum atomic E-state index is -3.03. The van der Waals surface area contributed by atoms with Gasteiger partial charge in [0, 0.05) is 23.2 Å². The summed E-state index contributed by atoms with van der Waals surface area (Å²) in [4.78, 5) is 12.4.